The molecule has 1 fully saturated rings. The van der Waals surface area contributed by atoms with Gasteiger partial charge in [0, 0.05) is 45.0 Å². The number of rotatable bonds is 6. The molecule has 0 spiro atoms. The van der Waals surface area contributed by atoms with Crippen LogP contribution in [0.2, 0.25) is 0 Å². The fourth-order valence-corrected chi connectivity index (χ4v) is 3.15. The number of hydrogen-bond acceptors (Lipinski definition) is 5. The second-order valence-corrected chi connectivity index (χ2v) is 6.38. The van der Waals surface area contributed by atoms with E-state index in [4.69, 9.17) is 0 Å². The maximum Gasteiger partial charge on any atom is 0.223 e. The van der Waals surface area contributed by atoms with Crippen LogP contribution in [0, 0.1) is 0 Å². The predicted octanol–water partition coefficient (Wildman–Crippen LogP) is 2.18. The zero-order valence-electron chi connectivity index (χ0n) is 14.6. The number of aromatic nitrogens is 2. The minimum Gasteiger partial charge on any atom is -0.354 e. The fraction of sp³-hybridized carbons (Fsp3) is 0.421. The van der Waals surface area contributed by atoms with Gasteiger partial charge in [-0.1, -0.05) is 30.3 Å². The number of carbonyl (C=O) groups is 1. The molecule has 132 valence electrons. The molecule has 6 nitrogen and oxygen atoms in total. The first kappa shape index (κ1) is 17.4. The molecule has 1 aliphatic heterocycles. The smallest absolute Gasteiger partial charge is 0.223 e. The lowest BCUT2D eigenvalue weighted by Gasteiger charge is -2.40. The van der Waals surface area contributed by atoms with Crippen LogP contribution >= 0.6 is 0 Å². The summed E-state index contributed by atoms with van der Waals surface area (Å²) in [6, 6.07) is 12.2. The van der Waals surface area contributed by atoms with Crippen molar-refractivity contribution in [2.24, 2.45) is 0 Å². The molecule has 1 atom stereocenters. The number of carbonyl (C=O) groups excluding carboxylic acids is 1. The molecule has 0 unspecified atom stereocenters. The molecular weight excluding hydrogens is 314 g/mol. The van der Waals surface area contributed by atoms with Gasteiger partial charge in [0.15, 0.2) is 0 Å². The zero-order chi connectivity index (χ0) is 17.5. The van der Waals surface area contributed by atoms with Crippen LogP contribution in [-0.2, 0) is 4.79 Å². The molecular formula is C19H25N5O. The summed E-state index contributed by atoms with van der Waals surface area (Å²) in [5, 5.41) is 3.15. The summed E-state index contributed by atoms with van der Waals surface area (Å²) in [6.07, 6.45) is 4.71. The molecule has 1 aromatic carbocycles. The summed E-state index contributed by atoms with van der Waals surface area (Å²) in [4.78, 5) is 25.3. The van der Waals surface area contributed by atoms with E-state index in [2.05, 4.69) is 39.4 Å². The summed E-state index contributed by atoms with van der Waals surface area (Å²) in [6.45, 7) is 3.28. The van der Waals surface area contributed by atoms with E-state index in [1.807, 2.05) is 23.1 Å². The van der Waals surface area contributed by atoms with Crippen molar-refractivity contribution >= 4 is 11.9 Å². The molecule has 1 N–H and O–H groups in total. The van der Waals surface area contributed by atoms with E-state index in [0.717, 1.165) is 26.1 Å². The maximum atomic E-state index is 12.7. The Morgan fingerprint density at radius 3 is 2.68 bits per heavy atom. The van der Waals surface area contributed by atoms with E-state index < -0.39 is 0 Å². The molecule has 25 heavy (non-hydrogen) atoms. The van der Waals surface area contributed by atoms with Gasteiger partial charge in [-0.15, -0.1) is 0 Å². The van der Waals surface area contributed by atoms with Crippen molar-refractivity contribution < 1.29 is 4.79 Å². The van der Waals surface area contributed by atoms with Crippen LogP contribution in [0.1, 0.15) is 24.4 Å². The Kier molecular flexibility index (Phi) is 5.95. The van der Waals surface area contributed by atoms with Gasteiger partial charge in [0.05, 0.1) is 6.04 Å². The highest BCUT2D eigenvalue weighted by atomic mass is 16.2. The van der Waals surface area contributed by atoms with Crippen LogP contribution in [0.4, 0.5) is 5.95 Å². The predicted molar refractivity (Wildman–Crippen MR) is 98.1 cm³/mol. The molecule has 3 rings (SSSR count). The zero-order valence-corrected chi connectivity index (χ0v) is 14.6. The van der Waals surface area contributed by atoms with E-state index in [1.54, 1.807) is 18.5 Å². The van der Waals surface area contributed by atoms with Crippen LogP contribution in [0.3, 0.4) is 0 Å². The highest BCUT2D eigenvalue weighted by Gasteiger charge is 2.29. The molecule has 0 saturated carbocycles. The lowest BCUT2D eigenvalue weighted by atomic mass is 10.0. The minimum atomic E-state index is 0.137. The van der Waals surface area contributed by atoms with Gasteiger partial charge in [-0.3, -0.25) is 4.79 Å². The number of benzene rings is 1. The van der Waals surface area contributed by atoms with Gasteiger partial charge in [0.2, 0.25) is 11.9 Å². The molecule has 1 aliphatic rings. The summed E-state index contributed by atoms with van der Waals surface area (Å²) in [5.41, 5.74) is 1.21. The van der Waals surface area contributed by atoms with Gasteiger partial charge in [0.1, 0.15) is 0 Å². The van der Waals surface area contributed by atoms with Crippen molar-refractivity contribution in [2.75, 3.05) is 38.5 Å². The van der Waals surface area contributed by atoms with Gasteiger partial charge in [0.25, 0.3) is 0 Å². The standard InChI is InChI=1S/C19H25N5O/c1-23-13-14-24(17(15-23)16-7-3-2-4-8-16)18(25)9-5-10-20-19-21-11-6-12-22-19/h2-4,6-8,11-12,17H,5,9-10,13-15H2,1H3,(H,20,21,22)/t17-/m1/s1. The minimum absolute atomic E-state index is 0.137. The number of hydrogen-bond donors (Lipinski definition) is 1. The Labute approximate surface area is 148 Å². The summed E-state index contributed by atoms with van der Waals surface area (Å²) >= 11 is 0. The number of anilines is 1. The Morgan fingerprint density at radius 2 is 1.92 bits per heavy atom. The van der Waals surface area contributed by atoms with Crippen LogP contribution in [-0.4, -0.2) is 58.9 Å². The Hall–Kier alpha value is -2.47. The van der Waals surface area contributed by atoms with Crippen LogP contribution in [0.15, 0.2) is 48.8 Å². The van der Waals surface area contributed by atoms with Gasteiger partial charge in [-0.2, -0.15) is 0 Å². The van der Waals surface area contributed by atoms with Crippen LogP contribution in [0.5, 0.6) is 0 Å². The van der Waals surface area contributed by atoms with Gasteiger partial charge in [-0.25, -0.2) is 9.97 Å². The number of likely N-dealkylation sites (N-methyl/N-ethyl adjacent to an activating group) is 1. The summed E-state index contributed by atoms with van der Waals surface area (Å²) in [7, 11) is 2.11. The third kappa shape index (κ3) is 4.76. The van der Waals surface area contributed by atoms with Crippen molar-refractivity contribution in [1.82, 2.24) is 19.8 Å². The lowest BCUT2D eigenvalue weighted by Crippen LogP contribution is -2.49. The van der Waals surface area contributed by atoms with Crippen molar-refractivity contribution in [3.05, 3.63) is 54.4 Å². The Balaban J connectivity index is 1.54. The van der Waals surface area contributed by atoms with Crippen molar-refractivity contribution in [3.8, 4) is 0 Å². The SMILES string of the molecule is CN1CCN(C(=O)CCCNc2ncccn2)[C@@H](c2ccccc2)C1. The van der Waals surface area contributed by atoms with E-state index in [1.165, 1.54) is 5.56 Å². The molecule has 1 saturated heterocycles. The molecule has 0 radical (unpaired) electrons. The average Bonchev–Trinajstić information content (AvgIpc) is 2.66. The van der Waals surface area contributed by atoms with E-state index in [-0.39, 0.29) is 11.9 Å². The van der Waals surface area contributed by atoms with Crippen LogP contribution < -0.4 is 5.32 Å². The second-order valence-electron chi connectivity index (χ2n) is 6.38. The molecule has 2 heterocycles. The topological polar surface area (TPSA) is 61.4 Å². The largest absolute Gasteiger partial charge is 0.354 e. The molecule has 0 bridgehead atoms. The quantitative estimate of drug-likeness (QED) is 0.818. The molecule has 6 heteroatoms. The van der Waals surface area contributed by atoms with Crippen molar-refractivity contribution in [3.63, 3.8) is 0 Å². The molecule has 1 aromatic heterocycles. The fourth-order valence-electron chi connectivity index (χ4n) is 3.15. The number of nitrogens with zero attached hydrogens (tertiary/aromatic N) is 4. The lowest BCUT2D eigenvalue weighted by molar-refractivity contribution is -0.136. The average molecular weight is 339 g/mol. The molecule has 1 amide bonds. The monoisotopic (exact) mass is 339 g/mol. The van der Waals surface area contributed by atoms with E-state index in [0.29, 0.717) is 18.9 Å². The Morgan fingerprint density at radius 1 is 1.16 bits per heavy atom. The first-order chi connectivity index (χ1) is 12.2. The Bertz CT molecular complexity index is 664. The highest BCUT2D eigenvalue weighted by Crippen LogP contribution is 2.25. The normalized spacial score (nSPS) is 18.1. The van der Waals surface area contributed by atoms with E-state index >= 15 is 0 Å². The van der Waals surface area contributed by atoms with Crippen molar-refractivity contribution in [2.45, 2.75) is 18.9 Å². The third-order valence-corrected chi connectivity index (χ3v) is 4.50. The number of piperazine rings is 1. The van der Waals surface area contributed by atoms with Gasteiger partial charge >= 0.3 is 0 Å². The summed E-state index contributed by atoms with van der Waals surface area (Å²) in [5.74, 6) is 0.828. The van der Waals surface area contributed by atoms with Crippen molar-refractivity contribution in [1.29, 1.82) is 0 Å². The van der Waals surface area contributed by atoms with Gasteiger partial charge < -0.3 is 15.1 Å². The van der Waals surface area contributed by atoms with Gasteiger partial charge in [-0.05, 0) is 25.1 Å². The number of amides is 1. The molecule has 2 aromatic rings. The second kappa shape index (κ2) is 8.58. The third-order valence-electron chi connectivity index (χ3n) is 4.50. The molecule has 0 aliphatic carbocycles. The van der Waals surface area contributed by atoms with Crippen LogP contribution in [0.25, 0.3) is 0 Å². The summed E-state index contributed by atoms with van der Waals surface area (Å²) < 4.78 is 0. The maximum absolute atomic E-state index is 12.7. The first-order valence-corrected chi connectivity index (χ1v) is 8.78. The van der Waals surface area contributed by atoms with E-state index in [9.17, 15) is 4.79 Å². The highest BCUT2D eigenvalue weighted by molar-refractivity contribution is 5.77. The number of nitrogens with one attached hydrogen (secondary N) is 1. The first-order valence-electron chi connectivity index (χ1n) is 8.78.